The van der Waals surface area contributed by atoms with Crippen LogP contribution in [0.3, 0.4) is 0 Å². The van der Waals surface area contributed by atoms with Gasteiger partial charge in [-0.3, -0.25) is 9.59 Å². The molecule has 0 spiro atoms. The summed E-state index contributed by atoms with van der Waals surface area (Å²) in [4.78, 5) is 23.4. The number of rotatable bonds is 6. The second-order valence-corrected chi connectivity index (χ2v) is 5.81. The van der Waals surface area contributed by atoms with Crippen molar-refractivity contribution in [3.63, 3.8) is 0 Å². The van der Waals surface area contributed by atoms with E-state index in [1.165, 1.54) is 6.07 Å². The van der Waals surface area contributed by atoms with Gasteiger partial charge in [-0.05, 0) is 25.0 Å². The summed E-state index contributed by atoms with van der Waals surface area (Å²) < 4.78 is 26.8. The van der Waals surface area contributed by atoms with Gasteiger partial charge in [0, 0.05) is 13.1 Å². The van der Waals surface area contributed by atoms with Gasteiger partial charge in [-0.2, -0.15) is 0 Å². The summed E-state index contributed by atoms with van der Waals surface area (Å²) in [6, 6.07) is 3.18. The number of amides is 2. The Morgan fingerprint density at radius 1 is 1.09 bits per heavy atom. The van der Waals surface area contributed by atoms with Crippen molar-refractivity contribution < 1.29 is 23.5 Å². The highest BCUT2D eigenvalue weighted by Gasteiger charge is 2.33. The molecule has 1 saturated carbocycles. The number of nitrogens with one attached hydrogen (secondary N) is 2. The maximum atomic E-state index is 13.4. The van der Waals surface area contributed by atoms with Crippen LogP contribution < -0.4 is 10.6 Å². The molecule has 2 rings (SSSR count). The molecule has 7 heteroatoms. The minimum atomic E-state index is -0.935. The van der Waals surface area contributed by atoms with Crippen LogP contribution in [0.15, 0.2) is 18.2 Å². The zero-order chi connectivity index (χ0) is 16.9. The number of halogens is 2. The van der Waals surface area contributed by atoms with Crippen LogP contribution in [0.25, 0.3) is 0 Å². The number of carbonyl (C=O) groups is 2. The predicted octanol–water partition coefficient (Wildman–Crippen LogP) is 1.51. The van der Waals surface area contributed by atoms with E-state index in [0.29, 0.717) is 12.8 Å². The molecule has 1 aromatic carbocycles. The van der Waals surface area contributed by atoms with E-state index in [1.54, 1.807) is 0 Å². The van der Waals surface area contributed by atoms with E-state index in [0.717, 1.165) is 25.0 Å². The van der Waals surface area contributed by atoms with Crippen molar-refractivity contribution >= 4 is 11.8 Å². The number of benzene rings is 1. The maximum absolute atomic E-state index is 13.4. The molecule has 3 N–H and O–H groups in total. The van der Waals surface area contributed by atoms with Crippen LogP contribution in [0.5, 0.6) is 0 Å². The average Bonchev–Trinajstić information content (AvgIpc) is 2.89. The minimum absolute atomic E-state index is 0.0306. The highest BCUT2D eigenvalue weighted by Crippen LogP contribution is 2.32. The molecule has 1 aliphatic rings. The molecule has 0 aromatic heterocycles. The van der Waals surface area contributed by atoms with E-state index in [2.05, 4.69) is 10.6 Å². The molecule has 0 bridgehead atoms. The summed E-state index contributed by atoms with van der Waals surface area (Å²) in [5.41, 5.74) is -1.57. The van der Waals surface area contributed by atoms with Gasteiger partial charge in [-0.15, -0.1) is 0 Å². The van der Waals surface area contributed by atoms with Crippen molar-refractivity contribution in [3.05, 3.63) is 35.4 Å². The van der Waals surface area contributed by atoms with Crippen molar-refractivity contribution in [3.8, 4) is 0 Å². The van der Waals surface area contributed by atoms with Crippen molar-refractivity contribution in [1.29, 1.82) is 0 Å². The summed E-state index contributed by atoms with van der Waals surface area (Å²) in [5, 5.41) is 15.0. The van der Waals surface area contributed by atoms with Crippen molar-refractivity contribution in [2.24, 2.45) is 0 Å². The molecule has 0 heterocycles. The lowest BCUT2D eigenvalue weighted by molar-refractivity contribution is -0.125. The average molecular weight is 326 g/mol. The van der Waals surface area contributed by atoms with Crippen molar-refractivity contribution in [2.45, 2.75) is 37.7 Å². The third-order valence-electron chi connectivity index (χ3n) is 3.95. The molecule has 0 saturated heterocycles. The van der Waals surface area contributed by atoms with E-state index in [9.17, 15) is 23.5 Å². The molecular formula is C16H20F2N2O3. The molecule has 1 aromatic rings. The zero-order valence-electron chi connectivity index (χ0n) is 12.7. The first kappa shape index (κ1) is 17.3. The molecule has 2 amide bonds. The van der Waals surface area contributed by atoms with Crippen LogP contribution >= 0.6 is 0 Å². The smallest absolute Gasteiger partial charge is 0.257 e. The van der Waals surface area contributed by atoms with Gasteiger partial charge in [-0.25, -0.2) is 8.78 Å². The van der Waals surface area contributed by atoms with Gasteiger partial charge in [-0.1, -0.05) is 18.9 Å². The lowest BCUT2D eigenvalue weighted by atomic mass is 9.98. The maximum Gasteiger partial charge on any atom is 0.257 e. The summed E-state index contributed by atoms with van der Waals surface area (Å²) in [6.45, 7) is 0.160. The monoisotopic (exact) mass is 326 g/mol. The zero-order valence-corrected chi connectivity index (χ0v) is 12.7. The Morgan fingerprint density at radius 2 is 1.65 bits per heavy atom. The molecule has 1 aliphatic carbocycles. The van der Waals surface area contributed by atoms with Gasteiger partial charge in [0.2, 0.25) is 5.91 Å². The van der Waals surface area contributed by atoms with Gasteiger partial charge < -0.3 is 15.7 Å². The Labute approximate surface area is 133 Å². The van der Waals surface area contributed by atoms with Gasteiger partial charge in [0.25, 0.3) is 5.91 Å². The fourth-order valence-corrected chi connectivity index (χ4v) is 2.75. The molecule has 0 atom stereocenters. The number of carbonyl (C=O) groups excluding carboxylic acids is 2. The Kier molecular flexibility index (Phi) is 5.65. The lowest BCUT2D eigenvalue weighted by Gasteiger charge is -2.21. The van der Waals surface area contributed by atoms with Crippen LogP contribution in [0.1, 0.15) is 42.5 Å². The first-order chi connectivity index (χ1) is 10.9. The number of hydrogen-bond acceptors (Lipinski definition) is 3. The quantitative estimate of drug-likeness (QED) is 0.693. The molecule has 126 valence electrons. The molecule has 0 unspecified atom stereocenters. The highest BCUT2D eigenvalue weighted by atomic mass is 19.1. The summed E-state index contributed by atoms with van der Waals surface area (Å²) >= 11 is 0. The van der Waals surface area contributed by atoms with E-state index >= 15 is 0 Å². The Balaban J connectivity index is 1.73. The predicted molar refractivity (Wildman–Crippen MR) is 79.7 cm³/mol. The van der Waals surface area contributed by atoms with Crippen LogP contribution in [-0.4, -0.2) is 35.6 Å². The Bertz CT molecular complexity index is 566. The van der Waals surface area contributed by atoms with Crippen molar-refractivity contribution in [1.82, 2.24) is 10.6 Å². The molecule has 23 heavy (non-hydrogen) atoms. The van der Waals surface area contributed by atoms with E-state index in [4.69, 9.17) is 0 Å². The second kappa shape index (κ2) is 7.50. The van der Waals surface area contributed by atoms with Crippen LogP contribution in [0, 0.1) is 11.6 Å². The number of aliphatic hydroxyl groups is 1. The third kappa shape index (κ3) is 4.72. The molecule has 5 nitrogen and oxygen atoms in total. The third-order valence-corrected chi connectivity index (χ3v) is 3.95. The summed E-state index contributed by atoms with van der Waals surface area (Å²) in [6.07, 6.45) is 3.08. The van der Waals surface area contributed by atoms with Gasteiger partial charge >= 0.3 is 0 Å². The van der Waals surface area contributed by atoms with Crippen LogP contribution in [-0.2, 0) is 4.79 Å². The molecule has 1 fully saturated rings. The first-order valence-electron chi connectivity index (χ1n) is 7.63. The van der Waals surface area contributed by atoms with E-state index in [-0.39, 0.29) is 25.4 Å². The second-order valence-electron chi connectivity index (χ2n) is 5.81. The fourth-order valence-electron chi connectivity index (χ4n) is 2.75. The van der Waals surface area contributed by atoms with Crippen LogP contribution in [0.4, 0.5) is 8.78 Å². The summed E-state index contributed by atoms with van der Waals surface area (Å²) in [5.74, 6) is -3.05. The van der Waals surface area contributed by atoms with E-state index < -0.39 is 28.7 Å². The minimum Gasteiger partial charge on any atom is -0.389 e. The topological polar surface area (TPSA) is 78.4 Å². The van der Waals surface area contributed by atoms with E-state index in [1.807, 2.05) is 0 Å². The number of hydrogen-bond donors (Lipinski definition) is 3. The normalized spacial score (nSPS) is 16.1. The first-order valence-corrected chi connectivity index (χ1v) is 7.63. The largest absolute Gasteiger partial charge is 0.389 e. The molecular weight excluding hydrogens is 306 g/mol. The standard InChI is InChI=1S/C16H20F2N2O3/c17-11-4-3-5-12(18)14(11)15(22)20-9-8-19-13(21)10-16(23)6-1-2-7-16/h3-5,23H,1-2,6-10H2,(H,19,21)(H,20,22). The van der Waals surface area contributed by atoms with Crippen molar-refractivity contribution in [2.75, 3.05) is 13.1 Å². The highest BCUT2D eigenvalue weighted by molar-refractivity contribution is 5.94. The van der Waals surface area contributed by atoms with Gasteiger partial charge in [0.15, 0.2) is 0 Å². The molecule has 0 aliphatic heterocycles. The summed E-state index contributed by atoms with van der Waals surface area (Å²) in [7, 11) is 0. The van der Waals surface area contributed by atoms with Gasteiger partial charge in [0.1, 0.15) is 17.2 Å². The molecule has 0 radical (unpaired) electrons. The lowest BCUT2D eigenvalue weighted by Crippen LogP contribution is -2.39. The van der Waals surface area contributed by atoms with Gasteiger partial charge in [0.05, 0.1) is 12.0 Å². The Morgan fingerprint density at radius 3 is 2.26 bits per heavy atom. The Hall–Kier alpha value is -2.02. The van der Waals surface area contributed by atoms with Crippen LogP contribution in [0.2, 0.25) is 0 Å². The SMILES string of the molecule is O=C(CC1(O)CCCC1)NCCNC(=O)c1c(F)cccc1F. The fraction of sp³-hybridized carbons (Fsp3) is 0.500.